The predicted molar refractivity (Wildman–Crippen MR) is 73.1 cm³/mol. The van der Waals surface area contributed by atoms with Crippen molar-refractivity contribution < 1.29 is 14.0 Å². The van der Waals surface area contributed by atoms with Gasteiger partial charge in [-0.3, -0.25) is 9.59 Å². The number of amides is 2. The molecule has 20 heavy (non-hydrogen) atoms. The van der Waals surface area contributed by atoms with E-state index in [1.54, 1.807) is 30.5 Å². The third-order valence-electron chi connectivity index (χ3n) is 3.45. The van der Waals surface area contributed by atoms with Gasteiger partial charge in [-0.05, 0) is 36.8 Å². The van der Waals surface area contributed by atoms with Gasteiger partial charge in [-0.25, -0.2) is 0 Å². The van der Waals surface area contributed by atoms with Crippen molar-refractivity contribution in [1.29, 1.82) is 0 Å². The van der Waals surface area contributed by atoms with Crippen molar-refractivity contribution in [3.8, 4) is 0 Å². The number of benzene rings is 1. The summed E-state index contributed by atoms with van der Waals surface area (Å²) in [6.07, 6.45) is 2.40. The number of nitrogens with one attached hydrogen (secondary N) is 1. The van der Waals surface area contributed by atoms with Crippen LogP contribution in [0.15, 0.2) is 47.1 Å². The first-order valence-corrected chi connectivity index (χ1v) is 6.39. The summed E-state index contributed by atoms with van der Waals surface area (Å²) in [5.41, 5.74) is 6.16. The largest absolute Gasteiger partial charge is 0.469 e. The van der Waals surface area contributed by atoms with Crippen molar-refractivity contribution in [2.75, 3.05) is 5.32 Å². The molecule has 1 saturated carbocycles. The summed E-state index contributed by atoms with van der Waals surface area (Å²) in [5, 5.41) is 2.80. The molecule has 2 amide bonds. The van der Waals surface area contributed by atoms with Crippen molar-refractivity contribution in [3.05, 3.63) is 54.0 Å². The molecule has 5 nitrogen and oxygen atoms in total. The maximum absolute atomic E-state index is 12.1. The van der Waals surface area contributed by atoms with Crippen LogP contribution in [-0.4, -0.2) is 11.8 Å². The molecular weight excluding hydrogens is 256 g/mol. The lowest BCUT2D eigenvalue weighted by atomic mass is 10.2. The SMILES string of the molecule is NC(=O)c1cccc(NC(=O)C2CC2c2ccco2)c1. The number of hydrogen-bond acceptors (Lipinski definition) is 3. The monoisotopic (exact) mass is 270 g/mol. The van der Waals surface area contributed by atoms with Crippen molar-refractivity contribution >= 4 is 17.5 Å². The molecule has 1 fully saturated rings. The Hall–Kier alpha value is -2.56. The number of anilines is 1. The lowest BCUT2D eigenvalue weighted by Gasteiger charge is -2.05. The fourth-order valence-electron chi connectivity index (χ4n) is 2.29. The number of primary amides is 1. The zero-order valence-corrected chi connectivity index (χ0v) is 10.7. The Labute approximate surface area is 115 Å². The second-order valence-corrected chi connectivity index (χ2v) is 4.90. The van der Waals surface area contributed by atoms with Gasteiger partial charge >= 0.3 is 0 Å². The molecule has 1 aliphatic carbocycles. The highest BCUT2D eigenvalue weighted by Crippen LogP contribution is 2.48. The average molecular weight is 270 g/mol. The molecule has 1 heterocycles. The fraction of sp³-hybridized carbons (Fsp3) is 0.200. The normalized spacial score (nSPS) is 20.4. The number of nitrogens with two attached hydrogens (primary N) is 1. The smallest absolute Gasteiger partial charge is 0.248 e. The van der Waals surface area contributed by atoms with Gasteiger partial charge in [0, 0.05) is 23.1 Å². The lowest BCUT2D eigenvalue weighted by Crippen LogP contribution is -2.16. The van der Waals surface area contributed by atoms with Crippen LogP contribution in [0.4, 0.5) is 5.69 Å². The van der Waals surface area contributed by atoms with Gasteiger partial charge in [0.05, 0.1) is 6.26 Å². The molecular formula is C15H14N2O3. The van der Waals surface area contributed by atoms with E-state index in [2.05, 4.69) is 5.32 Å². The highest BCUT2D eigenvalue weighted by Gasteiger charge is 2.45. The highest BCUT2D eigenvalue weighted by molar-refractivity contribution is 5.98. The maximum Gasteiger partial charge on any atom is 0.248 e. The van der Waals surface area contributed by atoms with Crippen LogP contribution in [0, 0.1) is 5.92 Å². The number of furan rings is 1. The Morgan fingerprint density at radius 3 is 2.80 bits per heavy atom. The Morgan fingerprint density at radius 2 is 2.10 bits per heavy atom. The Morgan fingerprint density at radius 1 is 1.25 bits per heavy atom. The molecule has 3 N–H and O–H groups in total. The van der Waals surface area contributed by atoms with Gasteiger partial charge in [-0.15, -0.1) is 0 Å². The minimum absolute atomic E-state index is 0.0620. The standard InChI is InChI=1S/C15H14N2O3/c16-14(18)9-3-1-4-10(7-9)17-15(19)12-8-11(12)13-5-2-6-20-13/h1-7,11-12H,8H2,(H2,16,18)(H,17,19). The van der Waals surface area contributed by atoms with Crippen LogP contribution in [-0.2, 0) is 4.79 Å². The molecule has 1 aliphatic rings. The molecule has 0 aliphatic heterocycles. The van der Waals surface area contributed by atoms with E-state index in [1.165, 1.54) is 0 Å². The number of carbonyl (C=O) groups excluding carboxylic acids is 2. The summed E-state index contributed by atoms with van der Waals surface area (Å²) in [5.74, 6) is 0.354. The summed E-state index contributed by atoms with van der Waals surface area (Å²) < 4.78 is 5.30. The van der Waals surface area contributed by atoms with E-state index in [1.807, 2.05) is 12.1 Å². The van der Waals surface area contributed by atoms with E-state index >= 15 is 0 Å². The molecule has 5 heteroatoms. The molecule has 1 aromatic heterocycles. The van der Waals surface area contributed by atoms with Gasteiger partial charge in [0.25, 0.3) is 0 Å². The van der Waals surface area contributed by atoms with Crippen molar-refractivity contribution in [2.45, 2.75) is 12.3 Å². The van der Waals surface area contributed by atoms with E-state index < -0.39 is 5.91 Å². The van der Waals surface area contributed by atoms with Crippen molar-refractivity contribution in [3.63, 3.8) is 0 Å². The van der Waals surface area contributed by atoms with E-state index in [-0.39, 0.29) is 17.7 Å². The van der Waals surface area contributed by atoms with Gasteiger partial charge in [-0.2, -0.15) is 0 Å². The minimum Gasteiger partial charge on any atom is -0.469 e. The summed E-state index contributed by atoms with van der Waals surface area (Å²) >= 11 is 0. The molecule has 3 rings (SSSR count). The van der Waals surface area contributed by atoms with Crippen LogP contribution in [0.2, 0.25) is 0 Å². The number of rotatable bonds is 4. The van der Waals surface area contributed by atoms with E-state index in [9.17, 15) is 9.59 Å². The first-order chi connectivity index (χ1) is 9.65. The van der Waals surface area contributed by atoms with E-state index in [0.717, 1.165) is 12.2 Å². The molecule has 1 aromatic carbocycles. The van der Waals surface area contributed by atoms with E-state index in [4.69, 9.17) is 10.2 Å². The minimum atomic E-state index is -0.513. The lowest BCUT2D eigenvalue weighted by molar-refractivity contribution is -0.117. The van der Waals surface area contributed by atoms with Gasteiger partial charge in [0.15, 0.2) is 0 Å². The quantitative estimate of drug-likeness (QED) is 0.892. The Kier molecular flexibility index (Phi) is 3.02. The molecule has 2 atom stereocenters. The van der Waals surface area contributed by atoms with Crippen molar-refractivity contribution in [1.82, 2.24) is 0 Å². The molecule has 0 radical (unpaired) electrons. The summed E-state index contributed by atoms with van der Waals surface area (Å²) in [6, 6.07) is 10.3. The van der Waals surface area contributed by atoms with Crippen LogP contribution in [0.1, 0.15) is 28.5 Å². The summed E-state index contributed by atoms with van der Waals surface area (Å²) in [6.45, 7) is 0. The third-order valence-corrected chi connectivity index (χ3v) is 3.45. The molecule has 2 aromatic rings. The molecule has 0 saturated heterocycles. The summed E-state index contributed by atoms with van der Waals surface area (Å²) in [7, 11) is 0. The van der Waals surface area contributed by atoms with Gasteiger partial charge in [-0.1, -0.05) is 6.07 Å². The maximum atomic E-state index is 12.1. The Balaban J connectivity index is 1.66. The van der Waals surface area contributed by atoms with Gasteiger partial charge in [0.1, 0.15) is 5.76 Å². The van der Waals surface area contributed by atoms with Crippen LogP contribution in [0.3, 0.4) is 0 Å². The van der Waals surface area contributed by atoms with E-state index in [0.29, 0.717) is 11.3 Å². The summed E-state index contributed by atoms with van der Waals surface area (Å²) in [4.78, 5) is 23.2. The number of carbonyl (C=O) groups is 2. The average Bonchev–Trinajstić information content (AvgIpc) is 3.05. The molecule has 102 valence electrons. The first-order valence-electron chi connectivity index (χ1n) is 6.39. The van der Waals surface area contributed by atoms with Crippen LogP contribution >= 0.6 is 0 Å². The van der Waals surface area contributed by atoms with Gasteiger partial charge < -0.3 is 15.5 Å². The zero-order chi connectivity index (χ0) is 14.1. The van der Waals surface area contributed by atoms with Gasteiger partial charge in [0.2, 0.25) is 11.8 Å². The van der Waals surface area contributed by atoms with Crippen LogP contribution in [0.5, 0.6) is 0 Å². The second kappa shape index (κ2) is 4.85. The molecule has 0 spiro atoms. The van der Waals surface area contributed by atoms with Crippen molar-refractivity contribution in [2.24, 2.45) is 11.7 Å². The van der Waals surface area contributed by atoms with Crippen LogP contribution in [0.25, 0.3) is 0 Å². The fourth-order valence-corrected chi connectivity index (χ4v) is 2.29. The first kappa shape index (κ1) is 12.5. The predicted octanol–water partition coefficient (Wildman–Crippen LogP) is 2.12. The van der Waals surface area contributed by atoms with Crippen LogP contribution < -0.4 is 11.1 Å². The third kappa shape index (κ3) is 2.42. The highest BCUT2D eigenvalue weighted by atomic mass is 16.3. The zero-order valence-electron chi connectivity index (χ0n) is 10.7. The topological polar surface area (TPSA) is 85.3 Å². The second-order valence-electron chi connectivity index (χ2n) is 4.90. The number of hydrogen-bond donors (Lipinski definition) is 2. The molecule has 0 bridgehead atoms. The molecule has 2 unspecified atom stereocenters. The Bertz CT molecular complexity index is 649.